The van der Waals surface area contributed by atoms with E-state index in [9.17, 15) is 4.79 Å². The highest BCUT2D eigenvalue weighted by Crippen LogP contribution is 2.18. The molecule has 0 atom stereocenters. The second-order valence-electron chi connectivity index (χ2n) is 3.62. The van der Waals surface area contributed by atoms with E-state index in [1.54, 1.807) is 11.3 Å². The molecule has 0 spiro atoms. The third-order valence-corrected chi connectivity index (χ3v) is 3.49. The maximum absolute atomic E-state index is 12.0. The summed E-state index contributed by atoms with van der Waals surface area (Å²) in [7, 11) is 0. The summed E-state index contributed by atoms with van der Waals surface area (Å²) in [6, 6.07) is 9.32. The Bertz CT molecular complexity index is 516. The molecule has 0 aliphatic rings. The fraction of sp³-hybridized carbons (Fsp3) is 0.154. The molecule has 0 saturated heterocycles. The lowest BCUT2D eigenvalue weighted by molar-refractivity contribution is 0.0993. The van der Waals surface area contributed by atoms with E-state index in [1.165, 1.54) is 0 Å². The second kappa shape index (κ2) is 4.81. The summed E-state index contributed by atoms with van der Waals surface area (Å²) in [5, 5.41) is 2.62. The SMILES string of the molecule is Cc1sccc1C(=O)Cc1cccc(Cl)c1. The van der Waals surface area contributed by atoms with Crippen LogP contribution >= 0.6 is 22.9 Å². The van der Waals surface area contributed by atoms with Crippen molar-refractivity contribution in [3.8, 4) is 0 Å². The largest absolute Gasteiger partial charge is 0.294 e. The minimum absolute atomic E-state index is 0.154. The lowest BCUT2D eigenvalue weighted by Crippen LogP contribution is -2.03. The van der Waals surface area contributed by atoms with Gasteiger partial charge >= 0.3 is 0 Å². The van der Waals surface area contributed by atoms with Gasteiger partial charge in [-0.15, -0.1) is 11.3 Å². The minimum atomic E-state index is 0.154. The van der Waals surface area contributed by atoms with Gasteiger partial charge in [0.25, 0.3) is 0 Å². The summed E-state index contributed by atoms with van der Waals surface area (Å²) < 4.78 is 0. The van der Waals surface area contributed by atoms with Gasteiger partial charge in [-0.2, -0.15) is 0 Å². The van der Waals surface area contributed by atoms with Crippen molar-refractivity contribution >= 4 is 28.7 Å². The second-order valence-corrected chi connectivity index (χ2v) is 5.18. The van der Waals surface area contributed by atoms with Crippen LogP contribution in [-0.2, 0) is 6.42 Å². The highest BCUT2D eigenvalue weighted by Gasteiger charge is 2.10. The Morgan fingerprint density at radius 1 is 1.38 bits per heavy atom. The molecule has 16 heavy (non-hydrogen) atoms. The Kier molecular flexibility index (Phi) is 3.42. The Morgan fingerprint density at radius 2 is 2.19 bits per heavy atom. The van der Waals surface area contributed by atoms with E-state index in [-0.39, 0.29) is 5.78 Å². The van der Waals surface area contributed by atoms with Crippen molar-refractivity contribution in [2.75, 3.05) is 0 Å². The molecule has 0 unspecified atom stereocenters. The average Bonchev–Trinajstić information content (AvgIpc) is 2.64. The monoisotopic (exact) mass is 250 g/mol. The van der Waals surface area contributed by atoms with Crippen LogP contribution in [0.2, 0.25) is 5.02 Å². The first kappa shape index (κ1) is 11.4. The zero-order valence-electron chi connectivity index (χ0n) is 8.87. The molecular formula is C13H11ClOS. The Hall–Kier alpha value is -1.12. The molecule has 1 heterocycles. The van der Waals surface area contributed by atoms with Gasteiger partial charge in [0.2, 0.25) is 0 Å². The Morgan fingerprint density at radius 3 is 2.81 bits per heavy atom. The molecule has 2 aromatic rings. The van der Waals surface area contributed by atoms with Crippen LogP contribution in [0.3, 0.4) is 0 Å². The number of rotatable bonds is 3. The number of halogens is 1. The van der Waals surface area contributed by atoms with Crippen LogP contribution in [0.15, 0.2) is 35.7 Å². The summed E-state index contributed by atoms with van der Waals surface area (Å²) in [5.74, 6) is 0.154. The maximum atomic E-state index is 12.0. The smallest absolute Gasteiger partial charge is 0.168 e. The van der Waals surface area contributed by atoms with Crippen molar-refractivity contribution < 1.29 is 4.79 Å². The Labute approximate surface area is 104 Å². The topological polar surface area (TPSA) is 17.1 Å². The molecule has 0 aliphatic heterocycles. The number of benzene rings is 1. The van der Waals surface area contributed by atoms with E-state index in [1.807, 2.05) is 42.6 Å². The molecule has 2 rings (SSSR count). The van der Waals surface area contributed by atoms with Crippen molar-refractivity contribution in [3.05, 3.63) is 56.7 Å². The first-order valence-electron chi connectivity index (χ1n) is 4.98. The van der Waals surface area contributed by atoms with Gasteiger partial charge in [-0.25, -0.2) is 0 Å². The number of ketones is 1. The average molecular weight is 251 g/mol. The number of thiophene rings is 1. The van der Waals surface area contributed by atoms with Gasteiger partial charge in [0.15, 0.2) is 5.78 Å². The van der Waals surface area contributed by atoms with Gasteiger partial charge in [0, 0.05) is 21.9 Å². The van der Waals surface area contributed by atoms with Crippen molar-refractivity contribution in [2.45, 2.75) is 13.3 Å². The number of carbonyl (C=O) groups excluding carboxylic acids is 1. The van der Waals surface area contributed by atoms with Gasteiger partial charge in [0.05, 0.1) is 0 Å². The van der Waals surface area contributed by atoms with Crippen molar-refractivity contribution in [1.82, 2.24) is 0 Å². The van der Waals surface area contributed by atoms with E-state index in [2.05, 4.69) is 0 Å². The van der Waals surface area contributed by atoms with Gasteiger partial charge in [-0.3, -0.25) is 4.79 Å². The molecule has 3 heteroatoms. The van der Waals surface area contributed by atoms with E-state index in [4.69, 9.17) is 11.6 Å². The van der Waals surface area contributed by atoms with Crippen molar-refractivity contribution in [3.63, 3.8) is 0 Å². The summed E-state index contributed by atoms with van der Waals surface area (Å²) in [4.78, 5) is 13.0. The highest BCUT2D eigenvalue weighted by atomic mass is 35.5. The molecule has 1 aromatic heterocycles. The molecule has 1 nitrogen and oxygen atoms in total. The number of aryl methyl sites for hydroxylation is 1. The fourth-order valence-electron chi connectivity index (χ4n) is 1.60. The molecule has 0 bridgehead atoms. The van der Waals surface area contributed by atoms with E-state index in [0.29, 0.717) is 11.4 Å². The van der Waals surface area contributed by atoms with E-state index in [0.717, 1.165) is 16.0 Å². The number of hydrogen-bond donors (Lipinski definition) is 0. The van der Waals surface area contributed by atoms with Crippen molar-refractivity contribution in [2.24, 2.45) is 0 Å². The molecule has 0 aliphatic carbocycles. The lowest BCUT2D eigenvalue weighted by atomic mass is 10.0. The van der Waals surface area contributed by atoms with Crippen LogP contribution in [0.25, 0.3) is 0 Å². The lowest BCUT2D eigenvalue weighted by Gasteiger charge is -2.01. The molecule has 0 amide bonds. The van der Waals surface area contributed by atoms with Gasteiger partial charge in [-0.1, -0.05) is 23.7 Å². The summed E-state index contributed by atoms with van der Waals surface area (Å²) >= 11 is 7.47. The molecule has 82 valence electrons. The number of Topliss-reactive ketones (excluding diaryl/α,β-unsaturated/α-hetero) is 1. The Balaban J connectivity index is 2.17. The summed E-state index contributed by atoms with van der Waals surface area (Å²) in [6.45, 7) is 1.97. The van der Waals surface area contributed by atoms with Crippen LogP contribution in [-0.4, -0.2) is 5.78 Å². The molecule has 1 aromatic carbocycles. The van der Waals surface area contributed by atoms with Crippen LogP contribution in [0.1, 0.15) is 20.8 Å². The van der Waals surface area contributed by atoms with Gasteiger partial charge in [-0.05, 0) is 36.1 Å². The highest BCUT2D eigenvalue weighted by molar-refractivity contribution is 7.10. The number of carbonyl (C=O) groups is 1. The van der Waals surface area contributed by atoms with Crippen molar-refractivity contribution in [1.29, 1.82) is 0 Å². The normalized spacial score (nSPS) is 10.4. The quantitative estimate of drug-likeness (QED) is 0.749. The van der Waals surface area contributed by atoms with Crippen LogP contribution < -0.4 is 0 Å². The van der Waals surface area contributed by atoms with Crippen LogP contribution in [0.5, 0.6) is 0 Å². The maximum Gasteiger partial charge on any atom is 0.168 e. The predicted molar refractivity (Wildman–Crippen MR) is 68.5 cm³/mol. The first-order chi connectivity index (χ1) is 7.66. The van der Waals surface area contributed by atoms with E-state index < -0.39 is 0 Å². The third-order valence-electron chi connectivity index (χ3n) is 2.41. The zero-order valence-corrected chi connectivity index (χ0v) is 10.4. The van der Waals surface area contributed by atoms with Gasteiger partial charge in [0.1, 0.15) is 0 Å². The molecular weight excluding hydrogens is 240 g/mol. The van der Waals surface area contributed by atoms with Crippen LogP contribution in [0, 0.1) is 6.92 Å². The first-order valence-corrected chi connectivity index (χ1v) is 6.24. The van der Waals surface area contributed by atoms with Crippen LogP contribution in [0.4, 0.5) is 0 Å². The number of hydrogen-bond acceptors (Lipinski definition) is 2. The molecule has 0 fully saturated rings. The van der Waals surface area contributed by atoms with Gasteiger partial charge < -0.3 is 0 Å². The predicted octanol–water partition coefficient (Wildman–Crippen LogP) is 4.14. The van der Waals surface area contributed by atoms with E-state index >= 15 is 0 Å². The third kappa shape index (κ3) is 2.52. The fourth-order valence-corrected chi connectivity index (χ4v) is 2.53. The molecule has 0 N–H and O–H groups in total. The summed E-state index contributed by atoms with van der Waals surface area (Å²) in [6.07, 6.45) is 0.415. The zero-order chi connectivity index (χ0) is 11.5. The summed E-state index contributed by atoms with van der Waals surface area (Å²) in [5.41, 5.74) is 1.79. The molecule has 0 radical (unpaired) electrons. The molecule has 0 saturated carbocycles. The minimum Gasteiger partial charge on any atom is -0.294 e. The standard InChI is InChI=1S/C13H11ClOS/c1-9-12(5-6-16-9)13(15)8-10-3-2-4-11(14)7-10/h2-7H,8H2,1H3.